The third kappa shape index (κ3) is 2.86. The van der Waals surface area contributed by atoms with Crippen molar-refractivity contribution in [1.82, 2.24) is 0 Å². The Balaban J connectivity index is 2.64. The molecular formula is C16H13NO4. The van der Waals surface area contributed by atoms with E-state index in [2.05, 4.69) is 0 Å². The number of carbonyl (C=O) groups excluding carboxylic acids is 2. The molecule has 0 atom stereocenters. The molecule has 0 fully saturated rings. The van der Waals surface area contributed by atoms with Gasteiger partial charge in [-0.05, 0) is 6.07 Å². The first-order chi connectivity index (χ1) is 10.1. The van der Waals surface area contributed by atoms with Crippen molar-refractivity contribution >= 4 is 17.3 Å². The summed E-state index contributed by atoms with van der Waals surface area (Å²) in [7, 11) is 0. The van der Waals surface area contributed by atoms with Gasteiger partial charge in [0.25, 0.3) is 5.69 Å². The van der Waals surface area contributed by atoms with E-state index in [4.69, 9.17) is 0 Å². The number of ketones is 2. The van der Waals surface area contributed by atoms with Gasteiger partial charge in [0, 0.05) is 23.6 Å². The Morgan fingerprint density at radius 3 is 2.29 bits per heavy atom. The molecule has 0 N–H and O–H groups in total. The summed E-state index contributed by atoms with van der Waals surface area (Å²) in [4.78, 5) is 35.0. The highest BCUT2D eigenvalue weighted by atomic mass is 16.6. The average molecular weight is 283 g/mol. The molecule has 0 aliphatic carbocycles. The van der Waals surface area contributed by atoms with E-state index in [0.29, 0.717) is 5.56 Å². The van der Waals surface area contributed by atoms with Crippen molar-refractivity contribution in [1.29, 1.82) is 0 Å². The number of nitro benzene ring substituents is 1. The van der Waals surface area contributed by atoms with E-state index in [9.17, 15) is 19.7 Å². The van der Waals surface area contributed by atoms with Crippen molar-refractivity contribution in [3.63, 3.8) is 0 Å². The van der Waals surface area contributed by atoms with Crippen molar-refractivity contribution in [3.8, 4) is 0 Å². The second-order valence-electron chi connectivity index (χ2n) is 4.43. The Morgan fingerprint density at radius 2 is 1.71 bits per heavy atom. The SMILES string of the molecule is CCC(=O)c1c(C(=O)c2ccccc2)cccc1[N+](=O)[O-]. The highest BCUT2D eigenvalue weighted by Crippen LogP contribution is 2.26. The predicted molar refractivity (Wildman–Crippen MR) is 77.6 cm³/mol. The second kappa shape index (κ2) is 6.09. The zero-order chi connectivity index (χ0) is 15.4. The topological polar surface area (TPSA) is 77.3 Å². The molecule has 2 rings (SSSR count). The average Bonchev–Trinajstić information content (AvgIpc) is 2.53. The molecular weight excluding hydrogens is 270 g/mol. The van der Waals surface area contributed by atoms with E-state index < -0.39 is 16.5 Å². The first-order valence-electron chi connectivity index (χ1n) is 6.46. The van der Waals surface area contributed by atoms with Gasteiger partial charge in [-0.15, -0.1) is 0 Å². The van der Waals surface area contributed by atoms with Gasteiger partial charge in [-0.25, -0.2) is 0 Å². The minimum Gasteiger partial charge on any atom is -0.294 e. The smallest absolute Gasteiger partial charge is 0.280 e. The predicted octanol–water partition coefficient (Wildman–Crippen LogP) is 3.42. The number of carbonyl (C=O) groups is 2. The van der Waals surface area contributed by atoms with Crippen LogP contribution in [0.2, 0.25) is 0 Å². The van der Waals surface area contributed by atoms with E-state index >= 15 is 0 Å². The molecule has 2 aromatic rings. The molecule has 0 saturated carbocycles. The summed E-state index contributed by atoms with van der Waals surface area (Å²) >= 11 is 0. The van der Waals surface area contributed by atoms with Crippen molar-refractivity contribution in [3.05, 3.63) is 75.3 Å². The number of rotatable bonds is 5. The number of hydrogen-bond acceptors (Lipinski definition) is 4. The van der Waals surface area contributed by atoms with E-state index in [-0.39, 0.29) is 23.2 Å². The Kier molecular flexibility index (Phi) is 4.23. The van der Waals surface area contributed by atoms with Crippen LogP contribution >= 0.6 is 0 Å². The third-order valence-electron chi connectivity index (χ3n) is 3.12. The Bertz CT molecular complexity index is 707. The van der Waals surface area contributed by atoms with Gasteiger partial charge < -0.3 is 0 Å². The Morgan fingerprint density at radius 1 is 1.05 bits per heavy atom. The quantitative estimate of drug-likeness (QED) is 0.478. The maximum Gasteiger partial charge on any atom is 0.280 e. The standard InChI is InChI=1S/C16H13NO4/c1-2-14(18)15-12(9-6-10-13(15)17(20)21)16(19)11-7-4-3-5-8-11/h3-10H,2H2,1H3. The summed E-state index contributed by atoms with van der Waals surface area (Å²) in [5.41, 5.74) is 0.0212. The number of nitro groups is 1. The molecule has 5 heteroatoms. The van der Waals surface area contributed by atoms with Crippen LogP contribution in [0.25, 0.3) is 0 Å². The lowest BCUT2D eigenvalue weighted by Crippen LogP contribution is -2.12. The molecule has 5 nitrogen and oxygen atoms in total. The van der Waals surface area contributed by atoms with Gasteiger partial charge in [0.15, 0.2) is 11.6 Å². The summed E-state index contributed by atoms with van der Waals surface area (Å²) in [6, 6.07) is 12.5. The fourth-order valence-electron chi connectivity index (χ4n) is 2.10. The summed E-state index contributed by atoms with van der Waals surface area (Å²) in [6.45, 7) is 1.61. The molecule has 0 unspecified atom stereocenters. The molecule has 0 bridgehead atoms. The summed E-state index contributed by atoms with van der Waals surface area (Å²) in [5, 5.41) is 11.1. The van der Waals surface area contributed by atoms with Crippen molar-refractivity contribution in [2.24, 2.45) is 0 Å². The van der Waals surface area contributed by atoms with Gasteiger partial charge in [0.1, 0.15) is 5.56 Å². The molecule has 0 radical (unpaired) electrons. The van der Waals surface area contributed by atoms with E-state index in [1.54, 1.807) is 37.3 Å². The number of hydrogen-bond donors (Lipinski definition) is 0. The molecule has 21 heavy (non-hydrogen) atoms. The van der Waals surface area contributed by atoms with Gasteiger partial charge in [-0.2, -0.15) is 0 Å². The van der Waals surface area contributed by atoms with Gasteiger partial charge >= 0.3 is 0 Å². The van der Waals surface area contributed by atoms with Gasteiger partial charge in [-0.1, -0.05) is 43.3 Å². The lowest BCUT2D eigenvalue weighted by Gasteiger charge is -2.08. The normalized spacial score (nSPS) is 10.1. The molecule has 2 aromatic carbocycles. The van der Waals surface area contributed by atoms with Crippen molar-refractivity contribution in [2.75, 3.05) is 0 Å². The van der Waals surface area contributed by atoms with Crippen LogP contribution in [0.15, 0.2) is 48.5 Å². The number of Topliss-reactive ketones (excluding diaryl/α,β-unsaturated/α-hetero) is 1. The largest absolute Gasteiger partial charge is 0.294 e. The molecule has 0 aliphatic heterocycles. The van der Waals surface area contributed by atoms with Crippen LogP contribution in [-0.4, -0.2) is 16.5 Å². The molecule has 0 spiro atoms. The van der Waals surface area contributed by atoms with Crippen molar-refractivity contribution in [2.45, 2.75) is 13.3 Å². The van der Waals surface area contributed by atoms with E-state index in [1.165, 1.54) is 18.2 Å². The van der Waals surface area contributed by atoms with Crippen LogP contribution in [0.3, 0.4) is 0 Å². The Hall–Kier alpha value is -2.82. The first kappa shape index (κ1) is 14.6. The molecule has 106 valence electrons. The molecule has 0 saturated heterocycles. The fraction of sp³-hybridized carbons (Fsp3) is 0.125. The zero-order valence-electron chi connectivity index (χ0n) is 11.4. The Labute approximate surface area is 121 Å². The monoisotopic (exact) mass is 283 g/mol. The van der Waals surface area contributed by atoms with Gasteiger partial charge in [0.05, 0.1) is 4.92 Å². The lowest BCUT2D eigenvalue weighted by atomic mass is 9.94. The first-order valence-corrected chi connectivity index (χ1v) is 6.46. The molecule has 0 amide bonds. The summed E-state index contributed by atoms with van der Waals surface area (Å²) < 4.78 is 0. The molecule has 0 heterocycles. The highest BCUT2D eigenvalue weighted by molar-refractivity contribution is 6.17. The third-order valence-corrected chi connectivity index (χ3v) is 3.12. The van der Waals surface area contributed by atoms with E-state index in [1.807, 2.05) is 0 Å². The maximum absolute atomic E-state index is 12.5. The van der Waals surface area contributed by atoms with Crippen LogP contribution in [0.4, 0.5) is 5.69 Å². The van der Waals surface area contributed by atoms with Gasteiger partial charge in [0.2, 0.25) is 0 Å². The highest BCUT2D eigenvalue weighted by Gasteiger charge is 2.26. The fourth-order valence-corrected chi connectivity index (χ4v) is 2.10. The van der Waals surface area contributed by atoms with Crippen LogP contribution in [0.1, 0.15) is 39.6 Å². The van der Waals surface area contributed by atoms with Crippen LogP contribution < -0.4 is 0 Å². The van der Waals surface area contributed by atoms with Gasteiger partial charge in [-0.3, -0.25) is 19.7 Å². The number of benzene rings is 2. The van der Waals surface area contributed by atoms with Crippen molar-refractivity contribution < 1.29 is 14.5 Å². The maximum atomic E-state index is 12.5. The summed E-state index contributed by atoms with van der Waals surface area (Å²) in [6.07, 6.45) is 0.0971. The minimum absolute atomic E-state index is 0.0715. The van der Waals surface area contributed by atoms with Crippen LogP contribution in [0, 0.1) is 10.1 Å². The summed E-state index contributed by atoms with van der Waals surface area (Å²) in [5.74, 6) is -0.808. The molecule has 0 aliphatic rings. The van der Waals surface area contributed by atoms with Crippen LogP contribution in [0.5, 0.6) is 0 Å². The lowest BCUT2D eigenvalue weighted by molar-refractivity contribution is -0.385. The number of nitrogens with zero attached hydrogens (tertiary/aromatic N) is 1. The second-order valence-corrected chi connectivity index (χ2v) is 4.43. The minimum atomic E-state index is -0.634. The van der Waals surface area contributed by atoms with Crippen LogP contribution in [-0.2, 0) is 0 Å². The molecule has 0 aromatic heterocycles. The van der Waals surface area contributed by atoms with E-state index in [0.717, 1.165) is 0 Å². The zero-order valence-corrected chi connectivity index (χ0v) is 11.4.